The van der Waals surface area contributed by atoms with Gasteiger partial charge in [0.2, 0.25) is 0 Å². The molecule has 0 saturated carbocycles. The molecule has 0 saturated heterocycles. The van der Waals surface area contributed by atoms with Gasteiger partial charge in [-0.05, 0) is 45.4 Å². The number of benzene rings is 1. The Morgan fingerprint density at radius 2 is 1.89 bits per heavy atom. The maximum atomic E-state index is 4.63. The Morgan fingerprint density at radius 1 is 1.16 bits per heavy atom. The van der Waals surface area contributed by atoms with E-state index in [1.807, 2.05) is 26.0 Å². The van der Waals surface area contributed by atoms with E-state index in [4.69, 9.17) is 0 Å². The van der Waals surface area contributed by atoms with Crippen LogP contribution in [0.25, 0.3) is 11.4 Å². The van der Waals surface area contributed by atoms with Crippen molar-refractivity contribution in [2.24, 2.45) is 0 Å². The highest BCUT2D eigenvalue weighted by Crippen LogP contribution is 2.25. The molecule has 100 valence electrons. The lowest BCUT2D eigenvalue weighted by atomic mass is 10.1. The molecule has 2 rings (SSSR count). The SMILES string of the molecule is CCNc1nc(-c2ccc(Br)c(C)c2)nc(C)c1C. The van der Waals surface area contributed by atoms with Gasteiger partial charge in [0.05, 0.1) is 0 Å². The molecule has 0 fully saturated rings. The quantitative estimate of drug-likeness (QED) is 0.918. The fraction of sp³-hybridized carbons (Fsp3) is 0.333. The van der Waals surface area contributed by atoms with Crippen LogP contribution >= 0.6 is 15.9 Å². The fourth-order valence-corrected chi connectivity index (χ4v) is 2.13. The second-order valence-electron chi connectivity index (χ2n) is 4.60. The Labute approximate surface area is 122 Å². The van der Waals surface area contributed by atoms with Crippen LogP contribution < -0.4 is 5.32 Å². The van der Waals surface area contributed by atoms with Gasteiger partial charge in [-0.25, -0.2) is 9.97 Å². The van der Waals surface area contributed by atoms with E-state index >= 15 is 0 Å². The minimum Gasteiger partial charge on any atom is -0.370 e. The molecule has 1 heterocycles. The van der Waals surface area contributed by atoms with Gasteiger partial charge in [-0.1, -0.05) is 22.0 Å². The first-order chi connectivity index (χ1) is 9.02. The zero-order valence-corrected chi connectivity index (χ0v) is 13.3. The van der Waals surface area contributed by atoms with Crippen molar-refractivity contribution >= 4 is 21.7 Å². The number of halogens is 1. The van der Waals surface area contributed by atoms with Gasteiger partial charge in [-0.2, -0.15) is 0 Å². The maximum absolute atomic E-state index is 4.63. The third-order valence-electron chi connectivity index (χ3n) is 3.15. The predicted octanol–water partition coefficient (Wildman–Crippen LogP) is 4.26. The van der Waals surface area contributed by atoms with Crippen LogP contribution in [0, 0.1) is 20.8 Å². The van der Waals surface area contributed by atoms with E-state index in [9.17, 15) is 0 Å². The lowest BCUT2D eigenvalue weighted by Crippen LogP contribution is -2.06. The Bertz CT molecular complexity index is 609. The first-order valence-electron chi connectivity index (χ1n) is 6.38. The van der Waals surface area contributed by atoms with Gasteiger partial charge in [-0.3, -0.25) is 0 Å². The summed E-state index contributed by atoms with van der Waals surface area (Å²) in [6, 6.07) is 6.18. The number of anilines is 1. The molecule has 0 spiro atoms. The Hall–Kier alpha value is -1.42. The topological polar surface area (TPSA) is 37.8 Å². The third-order valence-corrected chi connectivity index (χ3v) is 4.04. The molecule has 0 amide bonds. The summed E-state index contributed by atoms with van der Waals surface area (Å²) in [6.45, 7) is 9.06. The Balaban J connectivity index is 2.52. The van der Waals surface area contributed by atoms with Gasteiger partial charge < -0.3 is 5.32 Å². The summed E-state index contributed by atoms with van der Waals surface area (Å²) in [6.07, 6.45) is 0. The maximum Gasteiger partial charge on any atom is 0.161 e. The van der Waals surface area contributed by atoms with E-state index in [1.165, 1.54) is 5.56 Å². The van der Waals surface area contributed by atoms with Crippen molar-refractivity contribution in [3.05, 3.63) is 39.5 Å². The number of aryl methyl sites for hydroxylation is 2. The molecule has 19 heavy (non-hydrogen) atoms. The molecular weight excluding hydrogens is 302 g/mol. The van der Waals surface area contributed by atoms with Crippen LogP contribution in [0.1, 0.15) is 23.7 Å². The summed E-state index contributed by atoms with van der Waals surface area (Å²) in [5.41, 5.74) is 4.35. The number of rotatable bonds is 3. The minimum absolute atomic E-state index is 0.773. The summed E-state index contributed by atoms with van der Waals surface area (Å²) in [5, 5.41) is 3.29. The molecule has 1 aromatic carbocycles. The van der Waals surface area contributed by atoms with E-state index in [0.717, 1.165) is 39.5 Å². The number of aromatic nitrogens is 2. The van der Waals surface area contributed by atoms with E-state index < -0.39 is 0 Å². The molecular formula is C15H18BrN3. The minimum atomic E-state index is 0.773. The third kappa shape index (κ3) is 2.95. The van der Waals surface area contributed by atoms with E-state index in [0.29, 0.717) is 0 Å². The predicted molar refractivity (Wildman–Crippen MR) is 83.5 cm³/mol. The van der Waals surface area contributed by atoms with Crippen molar-refractivity contribution in [1.29, 1.82) is 0 Å². The lowest BCUT2D eigenvalue weighted by molar-refractivity contribution is 1.05. The summed E-state index contributed by atoms with van der Waals surface area (Å²) in [4.78, 5) is 9.22. The number of hydrogen-bond donors (Lipinski definition) is 1. The molecule has 0 aliphatic heterocycles. The average Bonchev–Trinajstić information content (AvgIpc) is 2.38. The molecule has 2 aromatic rings. The second-order valence-corrected chi connectivity index (χ2v) is 5.45. The van der Waals surface area contributed by atoms with E-state index in [1.54, 1.807) is 0 Å². The van der Waals surface area contributed by atoms with Gasteiger partial charge in [0.25, 0.3) is 0 Å². The van der Waals surface area contributed by atoms with Gasteiger partial charge in [0.15, 0.2) is 5.82 Å². The van der Waals surface area contributed by atoms with Crippen LogP contribution in [0.4, 0.5) is 5.82 Å². The monoisotopic (exact) mass is 319 g/mol. The van der Waals surface area contributed by atoms with Crippen LogP contribution in [0.2, 0.25) is 0 Å². The van der Waals surface area contributed by atoms with Gasteiger partial charge in [-0.15, -0.1) is 0 Å². The van der Waals surface area contributed by atoms with Crippen molar-refractivity contribution in [1.82, 2.24) is 9.97 Å². The molecule has 0 atom stereocenters. The molecule has 4 heteroatoms. The van der Waals surface area contributed by atoms with Crippen LogP contribution in [-0.4, -0.2) is 16.5 Å². The van der Waals surface area contributed by atoms with Gasteiger partial charge in [0, 0.05) is 27.8 Å². The average molecular weight is 320 g/mol. The first kappa shape index (κ1) is 14.0. The summed E-state index contributed by atoms with van der Waals surface area (Å²) in [5.74, 6) is 1.69. The van der Waals surface area contributed by atoms with Crippen LogP contribution in [0.3, 0.4) is 0 Å². The van der Waals surface area contributed by atoms with Crippen molar-refractivity contribution in [3.8, 4) is 11.4 Å². The van der Waals surface area contributed by atoms with Crippen molar-refractivity contribution in [3.63, 3.8) is 0 Å². The van der Waals surface area contributed by atoms with Crippen LogP contribution in [0.15, 0.2) is 22.7 Å². The highest BCUT2D eigenvalue weighted by molar-refractivity contribution is 9.10. The molecule has 0 aliphatic carbocycles. The van der Waals surface area contributed by atoms with Crippen LogP contribution in [-0.2, 0) is 0 Å². The standard InChI is InChI=1S/C15H18BrN3/c1-5-17-14-10(3)11(4)18-15(19-14)12-6-7-13(16)9(2)8-12/h6-8H,5H2,1-4H3,(H,17,18,19). The van der Waals surface area contributed by atoms with E-state index in [-0.39, 0.29) is 0 Å². The van der Waals surface area contributed by atoms with Gasteiger partial charge >= 0.3 is 0 Å². The normalized spacial score (nSPS) is 10.6. The zero-order chi connectivity index (χ0) is 14.0. The highest BCUT2D eigenvalue weighted by Gasteiger charge is 2.09. The molecule has 0 aliphatic rings. The Morgan fingerprint density at radius 3 is 2.53 bits per heavy atom. The number of nitrogens with zero attached hydrogens (tertiary/aromatic N) is 2. The smallest absolute Gasteiger partial charge is 0.161 e. The van der Waals surface area contributed by atoms with Crippen molar-refractivity contribution in [2.45, 2.75) is 27.7 Å². The molecule has 1 N–H and O–H groups in total. The molecule has 3 nitrogen and oxygen atoms in total. The first-order valence-corrected chi connectivity index (χ1v) is 7.18. The molecule has 0 bridgehead atoms. The highest BCUT2D eigenvalue weighted by atomic mass is 79.9. The number of nitrogens with one attached hydrogen (secondary N) is 1. The molecule has 0 unspecified atom stereocenters. The van der Waals surface area contributed by atoms with E-state index in [2.05, 4.69) is 51.1 Å². The zero-order valence-electron chi connectivity index (χ0n) is 11.7. The summed E-state index contributed by atoms with van der Waals surface area (Å²) < 4.78 is 1.10. The second kappa shape index (κ2) is 5.70. The van der Waals surface area contributed by atoms with Gasteiger partial charge in [0.1, 0.15) is 5.82 Å². The van der Waals surface area contributed by atoms with Crippen molar-refractivity contribution < 1.29 is 0 Å². The molecule has 1 aromatic heterocycles. The van der Waals surface area contributed by atoms with Crippen molar-refractivity contribution in [2.75, 3.05) is 11.9 Å². The lowest BCUT2D eigenvalue weighted by Gasteiger charge is -2.11. The molecule has 0 radical (unpaired) electrons. The summed E-state index contributed by atoms with van der Waals surface area (Å²) >= 11 is 3.51. The fourth-order valence-electron chi connectivity index (χ4n) is 1.88. The number of hydrogen-bond acceptors (Lipinski definition) is 3. The summed E-state index contributed by atoms with van der Waals surface area (Å²) in [7, 11) is 0. The largest absolute Gasteiger partial charge is 0.370 e. The Kier molecular flexibility index (Phi) is 4.20. The van der Waals surface area contributed by atoms with Crippen LogP contribution in [0.5, 0.6) is 0 Å².